The summed E-state index contributed by atoms with van der Waals surface area (Å²) in [6.07, 6.45) is 0. The molecular formula is C63H37N5O. The SMILES string of the molecule is c1ccc(-c2nc(-c3cccc4c3oc3ccccc34)nc(-n3c4ccccc4c4ccc5c6ccccc6n(-c6cccc(-c7ccc8c9ccccc9c9ccccc9c8c7)c6)c5c43)n2)cc1. The van der Waals surface area contributed by atoms with Gasteiger partial charge in [0.2, 0.25) is 5.95 Å². The number of nitrogens with zero attached hydrogens (tertiary/aromatic N) is 5. The van der Waals surface area contributed by atoms with Gasteiger partial charge in [-0.1, -0.05) is 182 Å². The minimum atomic E-state index is 0.520. The Morgan fingerprint density at radius 3 is 1.54 bits per heavy atom. The van der Waals surface area contributed by atoms with E-state index in [0.29, 0.717) is 17.6 Å². The van der Waals surface area contributed by atoms with Crippen molar-refractivity contribution in [1.29, 1.82) is 0 Å². The molecule has 0 radical (unpaired) electrons. The van der Waals surface area contributed by atoms with E-state index in [1.807, 2.05) is 42.5 Å². The van der Waals surface area contributed by atoms with Crippen LogP contribution in [0.15, 0.2) is 229 Å². The molecule has 320 valence electrons. The summed E-state index contributed by atoms with van der Waals surface area (Å²) in [5.41, 5.74) is 10.8. The first kappa shape index (κ1) is 37.8. The van der Waals surface area contributed by atoms with Gasteiger partial charge in [0.25, 0.3) is 0 Å². The molecule has 15 rings (SSSR count). The van der Waals surface area contributed by atoms with Crippen LogP contribution in [0.3, 0.4) is 0 Å². The third-order valence-electron chi connectivity index (χ3n) is 14.2. The summed E-state index contributed by atoms with van der Waals surface area (Å²) >= 11 is 0. The molecule has 15 aromatic rings. The molecule has 4 heterocycles. The average molecular weight is 880 g/mol. The van der Waals surface area contributed by atoms with Gasteiger partial charge in [-0.3, -0.25) is 4.57 Å². The van der Waals surface area contributed by atoms with Crippen molar-refractivity contribution in [1.82, 2.24) is 24.1 Å². The predicted molar refractivity (Wildman–Crippen MR) is 285 cm³/mol. The fourth-order valence-corrected chi connectivity index (χ4v) is 11.1. The average Bonchev–Trinajstić information content (AvgIpc) is 4.09. The van der Waals surface area contributed by atoms with Crippen molar-refractivity contribution >= 4 is 97.9 Å². The third-order valence-corrected chi connectivity index (χ3v) is 14.2. The molecule has 6 nitrogen and oxygen atoms in total. The zero-order valence-corrected chi connectivity index (χ0v) is 37.0. The Hall–Kier alpha value is -9.39. The van der Waals surface area contributed by atoms with Crippen molar-refractivity contribution in [3.63, 3.8) is 0 Å². The van der Waals surface area contributed by atoms with E-state index in [1.54, 1.807) is 0 Å². The van der Waals surface area contributed by atoms with Crippen LogP contribution < -0.4 is 0 Å². The van der Waals surface area contributed by atoms with Gasteiger partial charge in [-0.2, -0.15) is 9.97 Å². The van der Waals surface area contributed by atoms with Crippen LogP contribution in [0, 0.1) is 0 Å². The molecule has 0 aliphatic rings. The van der Waals surface area contributed by atoms with Crippen molar-refractivity contribution in [3.8, 4) is 45.5 Å². The second kappa shape index (κ2) is 14.6. The van der Waals surface area contributed by atoms with Gasteiger partial charge in [0.1, 0.15) is 11.2 Å². The molecule has 69 heavy (non-hydrogen) atoms. The molecule has 0 aliphatic heterocycles. The van der Waals surface area contributed by atoms with Crippen LogP contribution in [0.25, 0.3) is 143 Å². The summed E-state index contributed by atoms with van der Waals surface area (Å²) in [4.78, 5) is 16.0. The number of para-hydroxylation sites is 4. The molecule has 0 aliphatic carbocycles. The van der Waals surface area contributed by atoms with E-state index < -0.39 is 0 Å². The minimum absolute atomic E-state index is 0.520. The second-order valence-electron chi connectivity index (χ2n) is 17.9. The zero-order chi connectivity index (χ0) is 45.2. The number of benzene rings is 11. The number of fused-ring (bicyclic) bond motifs is 16. The molecule has 4 aromatic heterocycles. The van der Waals surface area contributed by atoms with Crippen molar-refractivity contribution < 1.29 is 4.42 Å². The van der Waals surface area contributed by atoms with Gasteiger partial charge in [-0.25, -0.2) is 4.98 Å². The van der Waals surface area contributed by atoms with E-state index in [-0.39, 0.29) is 0 Å². The maximum Gasteiger partial charge on any atom is 0.238 e. The maximum absolute atomic E-state index is 6.60. The normalized spacial score (nSPS) is 12.1. The molecule has 0 bridgehead atoms. The number of furan rings is 1. The molecular weight excluding hydrogens is 843 g/mol. The fraction of sp³-hybridized carbons (Fsp3) is 0. The van der Waals surface area contributed by atoms with Crippen LogP contribution in [0.1, 0.15) is 0 Å². The molecule has 0 spiro atoms. The van der Waals surface area contributed by atoms with E-state index in [9.17, 15) is 0 Å². The summed E-state index contributed by atoms with van der Waals surface area (Å²) < 4.78 is 11.3. The van der Waals surface area contributed by atoms with E-state index in [2.05, 4.69) is 191 Å². The molecule has 0 saturated carbocycles. The van der Waals surface area contributed by atoms with Crippen molar-refractivity contribution in [3.05, 3.63) is 224 Å². The van der Waals surface area contributed by atoms with Crippen LogP contribution in [0.5, 0.6) is 0 Å². The molecule has 0 atom stereocenters. The molecule has 0 saturated heterocycles. The highest BCUT2D eigenvalue weighted by atomic mass is 16.3. The largest absolute Gasteiger partial charge is 0.455 e. The monoisotopic (exact) mass is 879 g/mol. The number of aromatic nitrogens is 5. The van der Waals surface area contributed by atoms with Crippen LogP contribution in [0.2, 0.25) is 0 Å². The Morgan fingerprint density at radius 1 is 0.304 bits per heavy atom. The summed E-state index contributed by atoms with van der Waals surface area (Å²) in [6.45, 7) is 0. The smallest absolute Gasteiger partial charge is 0.238 e. The van der Waals surface area contributed by atoms with Gasteiger partial charge in [0.05, 0.1) is 27.6 Å². The van der Waals surface area contributed by atoms with Gasteiger partial charge >= 0.3 is 0 Å². The standard InChI is InChI=1S/C63H37N5O/c1-2-16-38(17-3-1)61-64-62(53-28-15-27-52-49-26-10-13-31-57(49)69-60(52)53)66-63(65-61)68-56-30-12-9-25-48(56)51-35-34-50-47-24-8-11-29-55(47)67(58(50)59(51)68)41-19-14-18-39(36-41)40-32-33-46-44-22-5-4-20-42(44)43-21-6-7-23-45(43)54(46)37-40/h1-37H. The quantitative estimate of drug-likeness (QED) is 0.162. The topological polar surface area (TPSA) is 61.7 Å². The molecule has 0 N–H and O–H groups in total. The molecule has 0 unspecified atom stereocenters. The van der Waals surface area contributed by atoms with Gasteiger partial charge in [0.15, 0.2) is 11.6 Å². The Morgan fingerprint density at radius 2 is 0.812 bits per heavy atom. The minimum Gasteiger partial charge on any atom is -0.455 e. The van der Waals surface area contributed by atoms with Crippen LogP contribution in [-0.4, -0.2) is 24.1 Å². The predicted octanol–water partition coefficient (Wildman–Crippen LogP) is 16.4. The van der Waals surface area contributed by atoms with Crippen molar-refractivity contribution in [2.45, 2.75) is 0 Å². The third kappa shape index (κ3) is 5.57. The fourth-order valence-electron chi connectivity index (χ4n) is 11.1. The lowest BCUT2D eigenvalue weighted by Gasteiger charge is -2.15. The summed E-state index contributed by atoms with van der Waals surface area (Å²) in [7, 11) is 0. The van der Waals surface area contributed by atoms with E-state index in [0.717, 1.165) is 88.1 Å². The van der Waals surface area contributed by atoms with Crippen LogP contribution in [-0.2, 0) is 0 Å². The lowest BCUT2D eigenvalue weighted by molar-refractivity contribution is 0.669. The van der Waals surface area contributed by atoms with Gasteiger partial charge < -0.3 is 8.98 Å². The summed E-state index contributed by atoms with van der Waals surface area (Å²) in [5.74, 6) is 1.63. The first-order chi connectivity index (χ1) is 34.2. The van der Waals surface area contributed by atoms with Crippen LogP contribution in [0.4, 0.5) is 0 Å². The van der Waals surface area contributed by atoms with E-state index in [4.69, 9.17) is 19.4 Å². The molecule has 11 aromatic carbocycles. The Labute approximate surface area is 394 Å². The molecule has 6 heteroatoms. The van der Waals surface area contributed by atoms with Crippen LogP contribution >= 0.6 is 0 Å². The Balaban J connectivity index is 1.01. The molecule has 0 fully saturated rings. The number of hydrogen-bond acceptors (Lipinski definition) is 4. The van der Waals surface area contributed by atoms with Crippen molar-refractivity contribution in [2.24, 2.45) is 0 Å². The van der Waals surface area contributed by atoms with E-state index in [1.165, 1.54) is 37.7 Å². The lowest BCUT2D eigenvalue weighted by Crippen LogP contribution is -2.07. The second-order valence-corrected chi connectivity index (χ2v) is 17.9. The lowest BCUT2D eigenvalue weighted by atomic mass is 9.92. The number of hydrogen-bond donors (Lipinski definition) is 0. The van der Waals surface area contributed by atoms with Gasteiger partial charge in [0, 0.05) is 43.6 Å². The highest BCUT2D eigenvalue weighted by molar-refractivity contribution is 6.26. The maximum atomic E-state index is 6.60. The Kier molecular flexibility index (Phi) is 7.97. The van der Waals surface area contributed by atoms with Gasteiger partial charge in [-0.05, 0) is 85.9 Å². The van der Waals surface area contributed by atoms with Crippen molar-refractivity contribution in [2.75, 3.05) is 0 Å². The summed E-state index contributed by atoms with van der Waals surface area (Å²) in [6, 6.07) is 79.9. The number of rotatable bonds is 5. The first-order valence-electron chi connectivity index (χ1n) is 23.4. The Bertz CT molecular complexity index is 4580. The van der Waals surface area contributed by atoms with Gasteiger partial charge in [-0.15, -0.1) is 0 Å². The molecule has 0 amide bonds. The zero-order valence-electron chi connectivity index (χ0n) is 37.0. The van der Waals surface area contributed by atoms with E-state index >= 15 is 0 Å². The highest BCUT2D eigenvalue weighted by Gasteiger charge is 2.25. The highest BCUT2D eigenvalue weighted by Crippen LogP contribution is 2.43. The first-order valence-corrected chi connectivity index (χ1v) is 23.4. The summed E-state index contributed by atoms with van der Waals surface area (Å²) in [5, 5.41) is 14.2.